The molecule has 0 unspecified atom stereocenters. The molecular weight excluding hydrogens is 392 g/mol. The first-order chi connectivity index (χ1) is 14.0. The number of thioether (sulfide) groups is 1. The van der Waals surface area contributed by atoms with Gasteiger partial charge in [0, 0.05) is 19.1 Å². The second-order valence-corrected chi connectivity index (χ2v) is 7.90. The lowest BCUT2D eigenvalue weighted by molar-refractivity contribution is -0.119. The van der Waals surface area contributed by atoms with Crippen molar-refractivity contribution in [1.82, 2.24) is 30.4 Å². The Morgan fingerprint density at radius 1 is 1.24 bits per heavy atom. The van der Waals surface area contributed by atoms with Crippen molar-refractivity contribution in [3.05, 3.63) is 29.3 Å². The van der Waals surface area contributed by atoms with Gasteiger partial charge in [0.1, 0.15) is 0 Å². The van der Waals surface area contributed by atoms with Crippen LogP contribution in [0.3, 0.4) is 0 Å². The zero-order chi connectivity index (χ0) is 20.8. The van der Waals surface area contributed by atoms with Crippen molar-refractivity contribution in [2.45, 2.75) is 44.8 Å². The maximum absolute atomic E-state index is 12.4. The van der Waals surface area contributed by atoms with Crippen LogP contribution in [0, 0.1) is 13.8 Å². The van der Waals surface area contributed by atoms with Crippen LogP contribution >= 0.6 is 11.8 Å². The fraction of sp³-hybridized carbons (Fsp3) is 0.526. The van der Waals surface area contributed by atoms with Crippen molar-refractivity contribution in [3.63, 3.8) is 0 Å². The van der Waals surface area contributed by atoms with Gasteiger partial charge >= 0.3 is 6.09 Å². The van der Waals surface area contributed by atoms with Crippen LogP contribution in [0.25, 0.3) is 5.69 Å². The molecule has 1 saturated heterocycles. The van der Waals surface area contributed by atoms with Crippen LogP contribution in [0.15, 0.2) is 23.4 Å². The van der Waals surface area contributed by atoms with E-state index in [9.17, 15) is 9.59 Å². The van der Waals surface area contributed by atoms with Crippen LogP contribution in [-0.2, 0) is 9.53 Å². The van der Waals surface area contributed by atoms with Gasteiger partial charge < -0.3 is 15.0 Å². The monoisotopic (exact) mass is 418 g/mol. The minimum absolute atomic E-state index is 0.0597. The number of amides is 2. The van der Waals surface area contributed by atoms with E-state index in [1.54, 1.807) is 16.5 Å². The third-order valence-electron chi connectivity index (χ3n) is 4.89. The van der Waals surface area contributed by atoms with Gasteiger partial charge in [-0.05, 0) is 67.3 Å². The summed E-state index contributed by atoms with van der Waals surface area (Å²) in [6.07, 6.45) is 1.15. The second-order valence-electron chi connectivity index (χ2n) is 6.96. The standard InChI is InChI=1S/C19H26N6O3S/c1-4-28-19(27)24-9-7-15(8-10-24)20-17(26)12-29-18-21-22-23-25(18)16-6-5-13(2)14(3)11-16/h5-6,11,15H,4,7-10,12H2,1-3H3,(H,20,26). The molecule has 1 fully saturated rings. The zero-order valence-corrected chi connectivity index (χ0v) is 17.7. The van der Waals surface area contributed by atoms with Crippen LogP contribution in [0.5, 0.6) is 0 Å². The van der Waals surface area contributed by atoms with E-state index in [2.05, 4.69) is 27.8 Å². The predicted octanol–water partition coefficient (Wildman–Crippen LogP) is 2.11. The highest BCUT2D eigenvalue weighted by molar-refractivity contribution is 7.99. The lowest BCUT2D eigenvalue weighted by atomic mass is 10.1. The smallest absolute Gasteiger partial charge is 0.409 e. The van der Waals surface area contributed by atoms with Crippen LogP contribution in [0.2, 0.25) is 0 Å². The van der Waals surface area contributed by atoms with Gasteiger partial charge in [-0.15, -0.1) is 5.10 Å². The highest BCUT2D eigenvalue weighted by atomic mass is 32.2. The number of aryl methyl sites for hydroxylation is 2. The molecule has 0 bridgehead atoms. The molecule has 3 rings (SSSR count). The van der Waals surface area contributed by atoms with Crippen molar-refractivity contribution in [2.75, 3.05) is 25.4 Å². The molecular formula is C19H26N6O3S. The molecule has 0 saturated carbocycles. The quantitative estimate of drug-likeness (QED) is 0.717. The largest absolute Gasteiger partial charge is 0.450 e. The molecule has 1 aliphatic heterocycles. The maximum atomic E-state index is 12.4. The highest BCUT2D eigenvalue weighted by Gasteiger charge is 2.24. The summed E-state index contributed by atoms with van der Waals surface area (Å²) in [7, 11) is 0. The summed E-state index contributed by atoms with van der Waals surface area (Å²) in [5.74, 6) is 0.155. The summed E-state index contributed by atoms with van der Waals surface area (Å²) >= 11 is 1.30. The number of benzene rings is 1. The predicted molar refractivity (Wildman–Crippen MR) is 109 cm³/mol. The van der Waals surface area contributed by atoms with Crippen LogP contribution in [0.4, 0.5) is 4.79 Å². The number of nitrogens with zero attached hydrogens (tertiary/aromatic N) is 5. The van der Waals surface area contributed by atoms with Crippen LogP contribution < -0.4 is 5.32 Å². The van der Waals surface area contributed by atoms with Crippen LogP contribution in [-0.4, -0.2) is 68.6 Å². The Kier molecular flexibility index (Phi) is 7.08. The van der Waals surface area contributed by atoms with Gasteiger partial charge in [0.05, 0.1) is 18.0 Å². The average molecular weight is 419 g/mol. The third-order valence-corrected chi connectivity index (χ3v) is 5.81. The van der Waals surface area contributed by atoms with E-state index in [1.165, 1.54) is 17.3 Å². The van der Waals surface area contributed by atoms with E-state index in [1.807, 2.05) is 25.1 Å². The Bertz CT molecular complexity index is 863. The summed E-state index contributed by atoms with van der Waals surface area (Å²) < 4.78 is 6.66. The first kappa shape index (κ1) is 21.1. The van der Waals surface area contributed by atoms with Gasteiger partial charge in [-0.1, -0.05) is 17.8 Å². The molecule has 0 atom stereocenters. The van der Waals surface area contributed by atoms with Gasteiger partial charge in [0.25, 0.3) is 0 Å². The molecule has 2 amide bonds. The number of carbonyl (C=O) groups is 2. The molecule has 2 aromatic rings. The summed E-state index contributed by atoms with van der Waals surface area (Å²) in [5, 5.41) is 15.4. The summed E-state index contributed by atoms with van der Waals surface area (Å²) in [4.78, 5) is 25.8. The van der Waals surface area contributed by atoms with Gasteiger partial charge in [-0.2, -0.15) is 4.68 Å². The van der Waals surface area contributed by atoms with Gasteiger partial charge in [0.2, 0.25) is 11.1 Å². The molecule has 1 aromatic heterocycles. The van der Waals surface area contributed by atoms with Crippen molar-refractivity contribution in [1.29, 1.82) is 0 Å². The van der Waals surface area contributed by atoms with Gasteiger partial charge in [-0.25, -0.2) is 4.79 Å². The fourth-order valence-electron chi connectivity index (χ4n) is 3.11. The molecule has 29 heavy (non-hydrogen) atoms. The minimum Gasteiger partial charge on any atom is -0.450 e. The number of hydrogen-bond donors (Lipinski definition) is 1. The molecule has 0 spiro atoms. The fourth-order valence-corrected chi connectivity index (χ4v) is 3.81. The van der Waals surface area contributed by atoms with Crippen molar-refractivity contribution in [3.8, 4) is 5.69 Å². The van der Waals surface area contributed by atoms with Crippen molar-refractivity contribution < 1.29 is 14.3 Å². The summed E-state index contributed by atoms with van der Waals surface area (Å²) in [6, 6.07) is 6.06. The number of hydrogen-bond acceptors (Lipinski definition) is 7. The molecule has 1 aliphatic rings. The maximum Gasteiger partial charge on any atom is 0.409 e. The molecule has 2 heterocycles. The van der Waals surface area contributed by atoms with Gasteiger partial charge in [0.15, 0.2) is 0 Å². The normalized spacial score (nSPS) is 14.7. The second kappa shape index (κ2) is 9.73. The van der Waals surface area contributed by atoms with Crippen molar-refractivity contribution in [2.24, 2.45) is 0 Å². The van der Waals surface area contributed by atoms with Crippen molar-refractivity contribution >= 4 is 23.8 Å². The van der Waals surface area contributed by atoms with E-state index in [4.69, 9.17) is 4.74 Å². The first-order valence-electron chi connectivity index (χ1n) is 9.67. The van der Waals surface area contributed by atoms with E-state index < -0.39 is 0 Å². The van der Waals surface area contributed by atoms with E-state index >= 15 is 0 Å². The molecule has 1 aromatic carbocycles. The Labute approximate surface area is 174 Å². The molecule has 0 radical (unpaired) electrons. The SMILES string of the molecule is CCOC(=O)N1CCC(NC(=O)CSc2nnnn2-c2ccc(C)c(C)c2)CC1. The summed E-state index contributed by atoms with van der Waals surface area (Å²) in [6.45, 7) is 7.42. The number of tetrazole rings is 1. The number of rotatable bonds is 6. The highest BCUT2D eigenvalue weighted by Crippen LogP contribution is 2.20. The van der Waals surface area contributed by atoms with E-state index in [0.717, 1.165) is 24.1 Å². The molecule has 1 N–H and O–H groups in total. The number of likely N-dealkylation sites (tertiary alicyclic amines) is 1. The Morgan fingerprint density at radius 3 is 2.69 bits per heavy atom. The molecule has 156 valence electrons. The van der Waals surface area contributed by atoms with Gasteiger partial charge in [-0.3, -0.25) is 4.79 Å². The first-order valence-corrected chi connectivity index (χ1v) is 10.7. The van der Waals surface area contributed by atoms with Crippen LogP contribution in [0.1, 0.15) is 30.9 Å². The minimum atomic E-state index is -0.286. The topological polar surface area (TPSA) is 102 Å². The molecule has 10 heteroatoms. The Balaban J connectivity index is 1.49. The number of nitrogens with one attached hydrogen (secondary N) is 1. The Morgan fingerprint density at radius 2 is 2.00 bits per heavy atom. The molecule has 0 aliphatic carbocycles. The molecule has 9 nitrogen and oxygen atoms in total. The summed E-state index contributed by atoms with van der Waals surface area (Å²) in [5.41, 5.74) is 3.22. The van der Waals surface area contributed by atoms with E-state index in [0.29, 0.717) is 24.9 Å². The van der Waals surface area contributed by atoms with E-state index in [-0.39, 0.29) is 23.8 Å². The lowest BCUT2D eigenvalue weighted by Gasteiger charge is -2.31. The number of ether oxygens (including phenoxy) is 1. The number of carbonyl (C=O) groups excluding carboxylic acids is 2. The average Bonchev–Trinajstić information content (AvgIpc) is 3.18. The number of piperidine rings is 1. The number of aromatic nitrogens is 4. The zero-order valence-electron chi connectivity index (χ0n) is 16.9. The Hall–Kier alpha value is -2.62. The lowest BCUT2D eigenvalue weighted by Crippen LogP contribution is -2.47. The third kappa shape index (κ3) is 5.47.